The molecule has 1 amide bonds. The highest BCUT2D eigenvalue weighted by atomic mass is 79.9. The minimum Gasteiger partial charge on any atom is -0.490 e. The van der Waals surface area contributed by atoms with E-state index < -0.39 is 0 Å². The van der Waals surface area contributed by atoms with E-state index in [1.807, 2.05) is 43.3 Å². The Morgan fingerprint density at radius 2 is 1.82 bits per heavy atom. The molecule has 34 heavy (non-hydrogen) atoms. The highest BCUT2D eigenvalue weighted by Gasteiger charge is 2.33. The van der Waals surface area contributed by atoms with Crippen LogP contribution in [0.4, 0.5) is 5.69 Å². The lowest BCUT2D eigenvalue weighted by Crippen LogP contribution is -2.27. The first-order chi connectivity index (χ1) is 16.4. The normalized spacial score (nSPS) is 14.7. The second kappa shape index (κ2) is 11.1. The maximum absolute atomic E-state index is 13.1. The van der Waals surface area contributed by atoms with E-state index in [2.05, 4.69) is 15.9 Å². The summed E-state index contributed by atoms with van der Waals surface area (Å²) in [6.07, 6.45) is 1.79. The molecule has 3 aromatic rings. The number of benzene rings is 3. The van der Waals surface area contributed by atoms with Crippen molar-refractivity contribution in [2.45, 2.75) is 13.5 Å². The number of ether oxygens (including phenoxy) is 2. The van der Waals surface area contributed by atoms with E-state index in [1.165, 1.54) is 16.7 Å². The summed E-state index contributed by atoms with van der Waals surface area (Å²) in [6.45, 7) is 2.72. The molecule has 0 radical (unpaired) electrons. The number of anilines is 1. The summed E-state index contributed by atoms with van der Waals surface area (Å²) in [6, 6.07) is 18.2. The second-order valence-corrected chi connectivity index (χ2v) is 10.6. The molecule has 0 unspecified atom stereocenters. The Morgan fingerprint density at radius 1 is 1.06 bits per heavy atom. The molecule has 0 aliphatic carbocycles. The molecular weight excluding hydrogens is 577 g/mol. The van der Waals surface area contributed by atoms with Crippen LogP contribution in [-0.2, 0) is 11.4 Å². The molecule has 1 aliphatic rings. The van der Waals surface area contributed by atoms with Gasteiger partial charge in [-0.1, -0.05) is 65.4 Å². The molecule has 0 spiro atoms. The van der Waals surface area contributed by atoms with Crippen LogP contribution in [0.2, 0.25) is 10.0 Å². The van der Waals surface area contributed by atoms with E-state index in [1.54, 1.807) is 30.3 Å². The van der Waals surface area contributed by atoms with Crippen molar-refractivity contribution < 1.29 is 14.3 Å². The van der Waals surface area contributed by atoms with Gasteiger partial charge in [-0.05, 0) is 82.5 Å². The largest absolute Gasteiger partial charge is 0.490 e. The van der Waals surface area contributed by atoms with Crippen molar-refractivity contribution in [2.24, 2.45) is 0 Å². The van der Waals surface area contributed by atoms with Crippen LogP contribution >= 0.6 is 63.1 Å². The lowest BCUT2D eigenvalue weighted by molar-refractivity contribution is -0.113. The average molecular weight is 595 g/mol. The van der Waals surface area contributed by atoms with Crippen molar-refractivity contribution in [2.75, 3.05) is 11.5 Å². The molecule has 0 atom stereocenters. The van der Waals surface area contributed by atoms with Gasteiger partial charge in [0.15, 0.2) is 15.8 Å². The van der Waals surface area contributed by atoms with Crippen LogP contribution in [0.5, 0.6) is 11.5 Å². The number of nitrogens with zero attached hydrogens (tertiary/aromatic N) is 1. The SMILES string of the molecule is CCOc1cc(/C=C2\SC(=S)N(c3cccc(Cl)c3)C2=O)cc(Br)c1OCc1ccc(Cl)cc1. The predicted octanol–water partition coefficient (Wildman–Crippen LogP) is 8.14. The zero-order valence-electron chi connectivity index (χ0n) is 17.9. The van der Waals surface area contributed by atoms with Gasteiger partial charge in [-0.15, -0.1) is 0 Å². The van der Waals surface area contributed by atoms with E-state index in [0.29, 0.717) is 54.1 Å². The highest BCUT2D eigenvalue weighted by Crippen LogP contribution is 2.41. The van der Waals surface area contributed by atoms with Gasteiger partial charge in [-0.25, -0.2) is 0 Å². The molecule has 4 rings (SSSR count). The van der Waals surface area contributed by atoms with Gasteiger partial charge in [0.05, 0.1) is 21.7 Å². The fraction of sp³-hybridized carbons (Fsp3) is 0.120. The maximum Gasteiger partial charge on any atom is 0.270 e. The molecule has 1 heterocycles. The van der Waals surface area contributed by atoms with Gasteiger partial charge >= 0.3 is 0 Å². The molecule has 174 valence electrons. The number of carbonyl (C=O) groups is 1. The molecule has 1 fully saturated rings. The molecule has 0 bridgehead atoms. The zero-order valence-corrected chi connectivity index (χ0v) is 22.6. The third kappa shape index (κ3) is 5.78. The van der Waals surface area contributed by atoms with E-state index in [-0.39, 0.29) is 5.91 Å². The van der Waals surface area contributed by atoms with Gasteiger partial charge in [0.25, 0.3) is 5.91 Å². The van der Waals surface area contributed by atoms with Gasteiger partial charge in [-0.3, -0.25) is 9.69 Å². The van der Waals surface area contributed by atoms with Crippen molar-refractivity contribution in [3.63, 3.8) is 0 Å². The Hall–Kier alpha value is -2.03. The lowest BCUT2D eigenvalue weighted by Gasteiger charge is -2.15. The topological polar surface area (TPSA) is 38.8 Å². The van der Waals surface area contributed by atoms with Gasteiger partial charge in [0, 0.05) is 10.0 Å². The van der Waals surface area contributed by atoms with Crippen LogP contribution in [0.25, 0.3) is 6.08 Å². The Balaban J connectivity index is 1.60. The molecule has 4 nitrogen and oxygen atoms in total. The molecule has 9 heteroatoms. The van der Waals surface area contributed by atoms with Crippen molar-refractivity contribution in [3.8, 4) is 11.5 Å². The van der Waals surface area contributed by atoms with Gasteiger partial charge < -0.3 is 9.47 Å². The van der Waals surface area contributed by atoms with Crippen LogP contribution < -0.4 is 14.4 Å². The van der Waals surface area contributed by atoms with E-state index in [9.17, 15) is 4.79 Å². The third-order valence-corrected chi connectivity index (χ3v) is 7.16. The number of rotatable bonds is 7. The first kappa shape index (κ1) is 25.1. The summed E-state index contributed by atoms with van der Waals surface area (Å²) >= 11 is 22.3. The summed E-state index contributed by atoms with van der Waals surface area (Å²) < 4.78 is 13.0. The summed E-state index contributed by atoms with van der Waals surface area (Å²) in [5.41, 5.74) is 2.40. The van der Waals surface area contributed by atoms with Crippen LogP contribution in [0.1, 0.15) is 18.1 Å². The van der Waals surface area contributed by atoms with Crippen molar-refractivity contribution >= 4 is 85.1 Å². The number of halogens is 3. The Morgan fingerprint density at radius 3 is 2.53 bits per heavy atom. The Bertz CT molecular complexity index is 1280. The Labute approximate surface area is 226 Å². The molecule has 1 saturated heterocycles. The van der Waals surface area contributed by atoms with Gasteiger partial charge in [-0.2, -0.15) is 0 Å². The van der Waals surface area contributed by atoms with Crippen LogP contribution in [0, 0.1) is 0 Å². The monoisotopic (exact) mass is 593 g/mol. The molecule has 0 saturated carbocycles. The minimum atomic E-state index is -0.200. The number of thiocarbonyl (C=S) groups is 1. The lowest BCUT2D eigenvalue weighted by atomic mass is 10.1. The van der Waals surface area contributed by atoms with Crippen molar-refractivity contribution in [1.29, 1.82) is 0 Å². The quantitative estimate of drug-likeness (QED) is 0.204. The van der Waals surface area contributed by atoms with Crippen LogP contribution in [0.15, 0.2) is 70.0 Å². The Kier molecular flexibility index (Phi) is 8.22. The summed E-state index contributed by atoms with van der Waals surface area (Å²) in [5.74, 6) is 0.956. The zero-order chi connectivity index (χ0) is 24.2. The molecule has 1 aliphatic heterocycles. The minimum absolute atomic E-state index is 0.200. The fourth-order valence-corrected chi connectivity index (χ4v) is 5.45. The highest BCUT2D eigenvalue weighted by molar-refractivity contribution is 9.10. The maximum atomic E-state index is 13.1. The van der Waals surface area contributed by atoms with E-state index in [0.717, 1.165) is 11.1 Å². The molecule has 0 aromatic heterocycles. The van der Waals surface area contributed by atoms with Gasteiger partial charge in [0.1, 0.15) is 6.61 Å². The molecule has 0 N–H and O–H groups in total. The predicted molar refractivity (Wildman–Crippen MR) is 148 cm³/mol. The number of hydrogen-bond donors (Lipinski definition) is 0. The van der Waals surface area contributed by atoms with E-state index >= 15 is 0 Å². The summed E-state index contributed by atoms with van der Waals surface area (Å²) in [4.78, 5) is 15.1. The first-order valence-electron chi connectivity index (χ1n) is 10.2. The fourth-order valence-electron chi connectivity index (χ4n) is 3.27. The standard InChI is InChI=1S/C25H18BrCl2NO3S2/c1-2-31-21-11-16(10-20(26)23(21)32-14-15-6-8-17(27)9-7-15)12-22-24(30)29(25(33)34-22)19-5-3-4-18(28)13-19/h3-13H,2,14H2,1H3/b22-12-. The average Bonchev–Trinajstić information content (AvgIpc) is 3.07. The number of hydrogen-bond acceptors (Lipinski definition) is 5. The molecule has 3 aromatic carbocycles. The molecular formula is C25H18BrCl2NO3S2. The number of amides is 1. The van der Waals surface area contributed by atoms with Crippen molar-refractivity contribution in [1.82, 2.24) is 0 Å². The van der Waals surface area contributed by atoms with Crippen LogP contribution in [0.3, 0.4) is 0 Å². The number of carbonyl (C=O) groups excluding carboxylic acids is 1. The second-order valence-electron chi connectivity index (χ2n) is 7.18. The van der Waals surface area contributed by atoms with Crippen molar-refractivity contribution in [3.05, 3.63) is 91.2 Å². The summed E-state index contributed by atoms with van der Waals surface area (Å²) in [5, 5.41) is 1.21. The smallest absolute Gasteiger partial charge is 0.270 e. The first-order valence-corrected chi connectivity index (χ1v) is 13.0. The van der Waals surface area contributed by atoms with Gasteiger partial charge in [0.2, 0.25) is 0 Å². The van der Waals surface area contributed by atoms with E-state index in [4.69, 9.17) is 44.9 Å². The van der Waals surface area contributed by atoms with Crippen LogP contribution in [-0.4, -0.2) is 16.8 Å². The number of thioether (sulfide) groups is 1. The third-order valence-electron chi connectivity index (χ3n) is 4.79. The summed E-state index contributed by atoms with van der Waals surface area (Å²) in [7, 11) is 0.